The second kappa shape index (κ2) is 7.31. The van der Waals surface area contributed by atoms with Crippen molar-refractivity contribution in [2.75, 3.05) is 5.32 Å². The van der Waals surface area contributed by atoms with Gasteiger partial charge in [-0.15, -0.1) is 0 Å². The largest absolute Gasteiger partial charge is 0.306 e. The molecule has 2 heterocycles. The number of amides is 1. The minimum atomic E-state index is -0.962. The zero-order chi connectivity index (χ0) is 18.9. The lowest BCUT2D eigenvalue weighted by atomic mass is 10.1. The summed E-state index contributed by atoms with van der Waals surface area (Å²) in [7, 11) is 0. The Morgan fingerprint density at radius 1 is 1.12 bits per heavy atom. The Labute approximate surface area is 165 Å². The zero-order valence-corrected chi connectivity index (χ0v) is 16.3. The maximum atomic E-state index is 12.7. The van der Waals surface area contributed by atoms with Gasteiger partial charge in [0.15, 0.2) is 5.82 Å². The molecule has 0 aliphatic carbocycles. The predicted molar refractivity (Wildman–Crippen MR) is 103 cm³/mol. The van der Waals surface area contributed by atoms with Crippen LogP contribution in [0.5, 0.6) is 0 Å². The highest BCUT2D eigenvalue weighted by Gasteiger charge is 2.31. The lowest BCUT2D eigenvalue weighted by Gasteiger charge is -2.23. The van der Waals surface area contributed by atoms with Crippen molar-refractivity contribution in [2.45, 2.75) is 25.9 Å². The van der Waals surface area contributed by atoms with Gasteiger partial charge in [-0.3, -0.25) is 14.2 Å². The maximum absolute atomic E-state index is 12.7. The summed E-state index contributed by atoms with van der Waals surface area (Å²) in [5.74, 6) is -0.0205. The molecule has 3 rings (SSSR count). The Morgan fingerprint density at radius 3 is 2.42 bits per heavy atom. The van der Waals surface area contributed by atoms with Crippen molar-refractivity contribution in [3.05, 3.63) is 63.5 Å². The second-order valence-corrected chi connectivity index (χ2v) is 7.55. The summed E-state index contributed by atoms with van der Waals surface area (Å²) in [6.45, 7) is 3.96. The quantitative estimate of drug-likeness (QED) is 0.673. The van der Waals surface area contributed by atoms with Crippen LogP contribution in [0.25, 0.3) is 0 Å². The van der Waals surface area contributed by atoms with Crippen LogP contribution in [0.4, 0.5) is 5.82 Å². The van der Waals surface area contributed by atoms with Crippen molar-refractivity contribution in [3.8, 4) is 0 Å². The lowest BCUT2D eigenvalue weighted by Crippen LogP contribution is -2.40. The van der Waals surface area contributed by atoms with E-state index in [0.717, 1.165) is 5.56 Å². The summed E-state index contributed by atoms with van der Waals surface area (Å²) in [6.07, 6.45) is 4.72. The Hall–Kier alpha value is -2.02. The van der Waals surface area contributed by atoms with Gasteiger partial charge in [0.05, 0.1) is 17.8 Å². The van der Waals surface area contributed by atoms with Gasteiger partial charge in [-0.1, -0.05) is 46.9 Å². The molecule has 1 N–H and O–H groups in total. The Morgan fingerprint density at radius 2 is 1.81 bits per heavy atom. The molecule has 0 aliphatic heterocycles. The standard InChI is InChI=1S/C17H16Cl3N5O/c1-17(2,25-9-13(19)7-21-25)16(26)22-15-14(20)10-24(23-15)8-11-3-5-12(18)6-4-11/h3-7,9-10H,8H2,1-2H3,(H,22,23,26). The third-order valence-corrected chi connectivity index (χ3v) is 4.61. The highest BCUT2D eigenvalue weighted by Crippen LogP contribution is 2.24. The van der Waals surface area contributed by atoms with E-state index in [1.807, 2.05) is 24.3 Å². The number of carbonyl (C=O) groups is 1. The fourth-order valence-electron chi connectivity index (χ4n) is 2.31. The molecule has 0 spiro atoms. The van der Waals surface area contributed by atoms with Crippen LogP contribution in [-0.2, 0) is 16.9 Å². The van der Waals surface area contributed by atoms with Crippen LogP contribution in [-0.4, -0.2) is 25.5 Å². The van der Waals surface area contributed by atoms with E-state index in [1.54, 1.807) is 30.9 Å². The fraction of sp³-hybridized carbons (Fsp3) is 0.235. The number of hydrogen-bond acceptors (Lipinski definition) is 3. The van der Waals surface area contributed by atoms with Crippen LogP contribution in [0.3, 0.4) is 0 Å². The number of nitrogens with one attached hydrogen (secondary N) is 1. The average Bonchev–Trinajstić information content (AvgIpc) is 3.16. The molecule has 1 aromatic carbocycles. The van der Waals surface area contributed by atoms with Crippen LogP contribution in [0.2, 0.25) is 15.1 Å². The van der Waals surface area contributed by atoms with Crippen molar-refractivity contribution < 1.29 is 4.79 Å². The van der Waals surface area contributed by atoms with Crippen molar-refractivity contribution in [1.82, 2.24) is 19.6 Å². The molecule has 9 heteroatoms. The third kappa shape index (κ3) is 4.03. The molecular formula is C17H16Cl3N5O. The highest BCUT2D eigenvalue weighted by molar-refractivity contribution is 6.33. The van der Waals surface area contributed by atoms with Crippen molar-refractivity contribution in [2.24, 2.45) is 0 Å². The van der Waals surface area contributed by atoms with E-state index in [-0.39, 0.29) is 11.7 Å². The number of benzene rings is 1. The first-order valence-electron chi connectivity index (χ1n) is 7.75. The van der Waals surface area contributed by atoms with E-state index in [2.05, 4.69) is 15.5 Å². The van der Waals surface area contributed by atoms with Crippen LogP contribution >= 0.6 is 34.8 Å². The third-order valence-electron chi connectivity index (χ3n) is 3.89. The number of rotatable bonds is 5. The first-order chi connectivity index (χ1) is 12.3. The molecule has 0 aliphatic rings. The average molecular weight is 413 g/mol. The Bertz CT molecular complexity index is 930. The molecule has 1 amide bonds. The summed E-state index contributed by atoms with van der Waals surface area (Å²) < 4.78 is 3.14. The van der Waals surface area contributed by atoms with Gasteiger partial charge in [-0.2, -0.15) is 10.2 Å². The van der Waals surface area contributed by atoms with Crippen LogP contribution in [0, 0.1) is 0 Å². The van der Waals surface area contributed by atoms with E-state index in [9.17, 15) is 4.79 Å². The van der Waals surface area contributed by atoms with E-state index in [1.165, 1.54) is 10.9 Å². The monoisotopic (exact) mass is 411 g/mol. The molecule has 0 atom stereocenters. The molecule has 0 saturated carbocycles. The summed E-state index contributed by atoms with van der Waals surface area (Å²) in [4.78, 5) is 12.7. The molecule has 6 nitrogen and oxygen atoms in total. The van der Waals surface area contributed by atoms with Crippen molar-refractivity contribution in [3.63, 3.8) is 0 Å². The minimum Gasteiger partial charge on any atom is -0.306 e. The highest BCUT2D eigenvalue weighted by atomic mass is 35.5. The minimum absolute atomic E-state index is 0.289. The van der Waals surface area contributed by atoms with Gasteiger partial charge >= 0.3 is 0 Å². The first kappa shape index (κ1) is 18.8. The fourth-order valence-corrected chi connectivity index (χ4v) is 2.77. The smallest absolute Gasteiger partial charge is 0.253 e. The molecular weight excluding hydrogens is 397 g/mol. The van der Waals surface area contributed by atoms with Crippen molar-refractivity contribution in [1.29, 1.82) is 0 Å². The zero-order valence-electron chi connectivity index (χ0n) is 14.1. The molecule has 0 fully saturated rings. The second-order valence-electron chi connectivity index (χ2n) is 6.27. The van der Waals surface area contributed by atoms with E-state index in [4.69, 9.17) is 34.8 Å². The summed E-state index contributed by atoms with van der Waals surface area (Å²) >= 11 is 18.0. The maximum Gasteiger partial charge on any atom is 0.253 e. The number of carbonyl (C=O) groups excluding carboxylic acids is 1. The SMILES string of the molecule is CC(C)(C(=O)Nc1nn(Cc2ccc(Cl)cc2)cc1Cl)n1cc(Cl)cn1. The number of hydrogen-bond donors (Lipinski definition) is 1. The molecule has 3 aromatic rings. The van der Waals surface area contributed by atoms with Gasteiger partial charge in [0.1, 0.15) is 10.6 Å². The van der Waals surface area contributed by atoms with E-state index in [0.29, 0.717) is 21.6 Å². The van der Waals surface area contributed by atoms with Gasteiger partial charge in [-0.25, -0.2) is 0 Å². The number of halogens is 3. The number of anilines is 1. The normalized spacial score (nSPS) is 11.6. The summed E-state index contributed by atoms with van der Waals surface area (Å²) in [5, 5.41) is 12.7. The number of nitrogens with zero attached hydrogens (tertiary/aromatic N) is 4. The molecule has 2 aromatic heterocycles. The van der Waals surface area contributed by atoms with Crippen LogP contribution < -0.4 is 5.32 Å². The molecule has 0 unspecified atom stereocenters. The molecule has 136 valence electrons. The van der Waals surface area contributed by atoms with E-state index < -0.39 is 5.54 Å². The molecule has 26 heavy (non-hydrogen) atoms. The first-order valence-corrected chi connectivity index (χ1v) is 8.88. The van der Waals surface area contributed by atoms with Gasteiger partial charge in [0.2, 0.25) is 0 Å². The Kier molecular flexibility index (Phi) is 5.27. The summed E-state index contributed by atoms with van der Waals surface area (Å²) in [5.41, 5.74) is 0.0501. The van der Waals surface area contributed by atoms with E-state index >= 15 is 0 Å². The van der Waals surface area contributed by atoms with Gasteiger partial charge in [0, 0.05) is 17.4 Å². The molecule has 0 bridgehead atoms. The lowest BCUT2D eigenvalue weighted by molar-refractivity contribution is -0.123. The summed E-state index contributed by atoms with van der Waals surface area (Å²) in [6, 6.07) is 7.42. The van der Waals surface area contributed by atoms with Gasteiger partial charge < -0.3 is 5.32 Å². The topological polar surface area (TPSA) is 64.7 Å². The van der Waals surface area contributed by atoms with Gasteiger partial charge in [-0.05, 0) is 31.5 Å². The number of aromatic nitrogens is 4. The van der Waals surface area contributed by atoms with Crippen LogP contribution in [0.1, 0.15) is 19.4 Å². The molecule has 0 radical (unpaired) electrons. The van der Waals surface area contributed by atoms with Gasteiger partial charge in [0.25, 0.3) is 5.91 Å². The predicted octanol–water partition coefficient (Wildman–Crippen LogP) is 4.46. The molecule has 0 saturated heterocycles. The Balaban J connectivity index is 1.74. The van der Waals surface area contributed by atoms with Crippen LogP contribution in [0.15, 0.2) is 42.9 Å². The van der Waals surface area contributed by atoms with Crippen molar-refractivity contribution >= 4 is 46.5 Å².